The standard InChI is InChI=1S/C15H16N2/c1-14(2)13-7-10-8-16-15(13,9-17-14)12-6-4-3-5-11(10)12/h3-7,9-10,16H,8H2,1-2H3/t10-,15-/m1/s1. The zero-order valence-corrected chi connectivity index (χ0v) is 10.2. The number of nitrogens with zero attached hydrogens (tertiary/aromatic N) is 1. The molecule has 1 aromatic rings. The Hall–Kier alpha value is -1.41. The number of hydrogen-bond donors (Lipinski definition) is 1. The first-order valence-corrected chi connectivity index (χ1v) is 6.27. The number of hydrogen-bond acceptors (Lipinski definition) is 2. The molecule has 2 heteroatoms. The molecule has 3 heterocycles. The molecule has 2 atom stereocenters. The first kappa shape index (κ1) is 9.60. The zero-order chi connectivity index (χ0) is 11.7. The second kappa shape index (κ2) is 2.70. The summed E-state index contributed by atoms with van der Waals surface area (Å²) < 4.78 is 0. The van der Waals surface area contributed by atoms with E-state index >= 15 is 0 Å². The molecule has 0 radical (unpaired) electrons. The first-order valence-electron chi connectivity index (χ1n) is 6.27. The molecular formula is C15H16N2. The van der Waals surface area contributed by atoms with Gasteiger partial charge in [-0.25, -0.2) is 0 Å². The van der Waals surface area contributed by atoms with Crippen molar-refractivity contribution in [2.75, 3.05) is 6.54 Å². The highest BCUT2D eigenvalue weighted by molar-refractivity contribution is 5.86. The van der Waals surface area contributed by atoms with Crippen LogP contribution in [0.5, 0.6) is 0 Å². The van der Waals surface area contributed by atoms with Crippen LogP contribution in [0.2, 0.25) is 0 Å². The molecule has 1 aromatic carbocycles. The summed E-state index contributed by atoms with van der Waals surface area (Å²) in [6, 6.07) is 8.78. The minimum absolute atomic E-state index is 0.0563. The Morgan fingerprint density at radius 3 is 3.00 bits per heavy atom. The Bertz CT molecular complexity index is 568. The van der Waals surface area contributed by atoms with Crippen molar-refractivity contribution in [2.24, 2.45) is 4.99 Å². The lowest BCUT2D eigenvalue weighted by Crippen LogP contribution is -2.54. The quantitative estimate of drug-likeness (QED) is 0.672. The summed E-state index contributed by atoms with van der Waals surface area (Å²) in [5, 5.41) is 3.69. The molecule has 2 bridgehead atoms. The predicted molar refractivity (Wildman–Crippen MR) is 69.5 cm³/mol. The lowest BCUT2D eigenvalue weighted by atomic mass is 9.66. The second-order valence-corrected chi connectivity index (χ2v) is 5.78. The van der Waals surface area contributed by atoms with Crippen molar-refractivity contribution < 1.29 is 0 Å². The second-order valence-electron chi connectivity index (χ2n) is 5.78. The van der Waals surface area contributed by atoms with Gasteiger partial charge in [-0.1, -0.05) is 30.3 Å². The lowest BCUT2D eigenvalue weighted by molar-refractivity contribution is 0.409. The Kier molecular flexibility index (Phi) is 1.53. The van der Waals surface area contributed by atoms with Gasteiger partial charge < -0.3 is 0 Å². The molecule has 0 unspecified atom stereocenters. The maximum Gasteiger partial charge on any atom is 0.103 e. The monoisotopic (exact) mass is 224 g/mol. The molecule has 0 amide bonds. The highest BCUT2D eigenvalue weighted by Gasteiger charge is 2.52. The molecule has 86 valence electrons. The largest absolute Gasteiger partial charge is 0.298 e. The Labute approximate surface area is 101 Å². The van der Waals surface area contributed by atoms with E-state index in [4.69, 9.17) is 4.99 Å². The van der Waals surface area contributed by atoms with Gasteiger partial charge in [0.15, 0.2) is 0 Å². The van der Waals surface area contributed by atoms with Gasteiger partial charge in [-0.3, -0.25) is 10.3 Å². The van der Waals surface area contributed by atoms with Gasteiger partial charge in [-0.2, -0.15) is 0 Å². The summed E-state index contributed by atoms with van der Waals surface area (Å²) in [6.07, 6.45) is 4.55. The summed E-state index contributed by atoms with van der Waals surface area (Å²) in [7, 11) is 0. The normalized spacial score (nSPS) is 35.4. The van der Waals surface area contributed by atoms with Gasteiger partial charge in [-0.15, -0.1) is 0 Å². The Balaban J connectivity index is 2.05. The van der Waals surface area contributed by atoms with E-state index in [1.807, 2.05) is 0 Å². The van der Waals surface area contributed by atoms with E-state index in [1.54, 1.807) is 0 Å². The van der Waals surface area contributed by atoms with Crippen LogP contribution in [-0.2, 0) is 5.54 Å². The summed E-state index contributed by atoms with van der Waals surface area (Å²) >= 11 is 0. The minimum atomic E-state index is -0.116. The third-order valence-electron chi connectivity index (χ3n) is 4.42. The van der Waals surface area contributed by atoms with Crippen LogP contribution in [0.15, 0.2) is 40.9 Å². The Morgan fingerprint density at radius 1 is 1.29 bits per heavy atom. The van der Waals surface area contributed by atoms with Gasteiger partial charge in [0.25, 0.3) is 0 Å². The average molecular weight is 224 g/mol. The van der Waals surface area contributed by atoms with Crippen molar-refractivity contribution in [3.8, 4) is 0 Å². The number of fused-ring (bicyclic) bond motifs is 1. The highest BCUT2D eigenvalue weighted by Crippen LogP contribution is 2.51. The molecule has 2 nitrogen and oxygen atoms in total. The molecule has 3 aliphatic heterocycles. The molecule has 0 saturated carbocycles. The molecule has 1 N–H and O–H groups in total. The first-order chi connectivity index (χ1) is 8.13. The van der Waals surface area contributed by atoms with E-state index in [0.717, 1.165) is 6.54 Å². The number of aliphatic imine (C=N–C) groups is 1. The average Bonchev–Trinajstić information content (AvgIpc) is 2.64. The molecule has 0 aromatic heterocycles. The third-order valence-corrected chi connectivity index (χ3v) is 4.42. The molecule has 0 fully saturated rings. The molecular weight excluding hydrogens is 208 g/mol. The van der Waals surface area contributed by atoms with Gasteiger partial charge >= 0.3 is 0 Å². The molecule has 1 aliphatic carbocycles. The van der Waals surface area contributed by atoms with Gasteiger partial charge in [-0.05, 0) is 30.5 Å². The maximum atomic E-state index is 4.73. The van der Waals surface area contributed by atoms with E-state index in [-0.39, 0.29) is 11.1 Å². The van der Waals surface area contributed by atoms with Crippen LogP contribution in [-0.4, -0.2) is 18.3 Å². The number of nitrogens with one attached hydrogen (secondary N) is 1. The van der Waals surface area contributed by atoms with Gasteiger partial charge in [0.1, 0.15) is 5.54 Å². The van der Waals surface area contributed by atoms with Gasteiger partial charge in [0.2, 0.25) is 0 Å². The summed E-state index contributed by atoms with van der Waals surface area (Å²) in [5.74, 6) is 0.518. The summed E-state index contributed by atoms with van der Waals surface area (Å²) in [5.41, 5.74) is 4.13. The minimum Gasteiger partial charge on any atom is -0.298 e. The summed E-state index contributed by atoms with van der Waals surface area (Å²) in [4.78, 5) is 4.73. The van der Waals surface area contributed by atoms with Crippen LogP contribution in [0.3, 0.4) is 0 Å². The van der Waals surface area contributed by atoms with Crippen molar-refractivity contribution in [3.63, 3.8) is 0 Å². The fourth-order valence-electron chi connectivity index (χ4n) is 3.58. The van der Waals surface area contributed by atoms with Gasteiger partial charge in [0, 0.05) is 18.7 Å². The molecule has 0 saturated heterocycles. The maximum absolute atomic E-state index is 4.73. The van der Waals surface area contributed by atoms with Crippen molar-refractivity contribution in [1.82, 2.24) is 5.32 Å². The van der Waals surface area contributed by atoms with Crippen molar-refractivity contribution >= 4 is 6.21 Å². The van der Waals surface area contributed by atoms with Crippen molar-refractivity contribution in [1.29, 1.82) is 0 Å². The van der Waals surface area contributed by atoms with Crippen LogP contribution in [0.4, 0.5) is 0 Å². The smallest absolute Gasteiger partial charge is 0.103 e. The predicted octanol–water partition coefficient (Wildman–Crippen LogP) is 2.37. The van der Waals surface area contributed by atoms with Crippen molar-refractivity contribution in [2.45, 2.75) is 30.8 Å². The van der Waals surface area contributed by atoms with Gasteiger partial charge in [0.05, 0.1) is 5.54 Å². The SMILES string of the molecule is CC1(C)N=C[C@]23NC[C@@H](C=C12)c1ccccc13. The van der Waals surface area contributed by atoms with E-state index in [0.29, 0.717) is 5.92 Å². The summed E-state index contributed by atoms with van der Waals surface area (Å²) in [6.45, 7) is 5.44. The van der Waals surface area contributed by atoms with E-state index in [1.165, 1.54) is 16.7 Å². The Morgan fingerprint density at radius 2 is 2.12 bits per heavy atom. The number of benzene rings is 1. The van der Waals surface area contributed by atoms with E-state index in [2.05, 4.69) is 55.7 Å². The number of rotatable bonds is 0. The van der Waals surface area contributed by atoms with Crippen LogP contribution >= 0.6 is 0 Å². The zero-order valence-electron chi connectivity index (χ0n) is 10.2. The molecule has 5 rings (SSSR count). The van der Waals surface area contributed by atoms with Crippen LogP contribution in [0.1, 0.15) is 30.9 Å². The molecule has 1 spiro atoms. The fourth-order valence-corrected chi connectivity index (χ4v) is 3.58. The highest BCUT2D eigenvalue weighted by atomic mass is 15.1. The lowest BCUT2D eigenvalue weighted by Gasteiger charge is -2.46. The van der Waals surface area contributed by atoms with Crippen LogP contribution < -0.4 is 5.32 Å². The topological polar surface area (TPSA) is 24.4 Å². The molecule has 17 heavy (non-hydrogen) atoms. The fraction of sp³-hybridized carbons (Fsp3) is 0.400. The van der Waals surface area contributed by atoms with Crippen LogP contribution in [0.25, 0.3) is 0 Å². The molecule has 4 aliphatic rings. The van der Waals surface area contributed by atoms with E-state index in [9.17, 15) is 0 Å². The van der Waals surface area contributed by atoms with Crippen molar-refractivity contribution in [3.05, 3.63) is 47.0 Å². The third kappa shape index (κ3) is 0.980. The van der Waals surface area contributed by atoms with Crippen LogP contribution in [0, 0.1) is 0 Å². The van der Waals surface area contributed by atoms with E-state index < -0.39 is 0 Å².